The van der Waals surface area contributed by atoms with Gasteiger partial charge in [-0.2, -0.15) is 0 Å². The third-order valence-corrected chi connectivity index (χ3v) is 4.05. The highest BCUT2D eigenvalue weighted by atomic mass is 79.9. The lowest BCUT2D eigenvalue weighted by atomic mass is 10.1. The van der Waals surface area contributed by atoms with Crippen molar-refractivity contribution in [3.05, 3.63) is 28.2 Å². The summed E-state index contributed by atoms with van der Waals surface area (Å²) in [5.74, 6) is -0.0906. The van der Waals surface area contributed by atoms with Gasteiger partial charge in [-0.3, -0.25) is 4.79 Å². The van der Waals surface area contributed by atoms with Gasteiger partial charge in [0.05, 0.1) is 6.10 Å². The Morgan fingerprint density at radius 1 is 1.56 bits per heavy atom. The normalized spacial score (nSPS) is 23.1. The van der Waals surface area contributed by atoms with E-state index < -0.39 is 0 Å². The number of ether oxygens (including phenoxy) is 1. The van der Waals surface area contributed by atoms with Crippen molar-refractivity contribution in [2.45, 2.75) is 32.0 Å². The number of nitrogens with one attached hydrogen (secondary N) is 1. The third kappa shape index (κ3) is 2.91. The molecule has 0 spiro atoms. The minimum atomic E-state index is -0.378. The molecular formula is C13H17BrN2O2. The van der Waals surface area contributed by atoms with Gasteiger partial charge in [-0.05, 0) is 37.5 Å². The van der Waals surface area contributed by atoms with Crippen molar-refractivity contribution >= 4 is 27.5 Å². The molecule has 1 aliphatic rings. The van der Waals surface area contributed by atoms with Gasteiger partial charge in [0.15, 0.2) is 0 Å². The first-order valence-corrected chi connectivity index (χ1v) is 6.82. The van der Waals surface area contributed by atoms with Crippen molar-refractivity contribution in [3.63, 3.8) is 0 Å². The average Bonchev–Trinajstić information content (AvgIpc) is 2.83. The van der Waals surface area contributed by atoms with E-state index in [2.05, 4.69) is 21.2 Å². The van der Waals surface area contributed by atoms with Crippen LogP contribution in [0.4, 0.5) is 5.69 Å². The van der Waals surface area contributed by atoms with Crippen LogP contribution in [0.25, 0.3) is 0 Å². The highest BCUT2D eigenvalue weighted by Gasteiger charge is 2.30. The van der Waals surface area contributed by atoms with Crippen LogP contribution in [-0.4, -0.2) is 24.7 Å². The summed E-state index contributed by atoms with van der Waals surface area (Å²) in [5.41, 5.74) is 7.36. The molecule has 2 rings (SSSR count). The number of hydrogen-bond acceptors (Lipinski definition) is 3. The van der Waals surface area contributed by atoms with Crippen molar-refractivity contribution in [1.29, 1.82) is 0 Å². The van der Waals surface area contributed by atoms with E-state index in [9.17, 15) is 4.79 Å². The molecule has 3 N–H and O–H groups in total. The summed E-state index contributed by atoms with van der Waals surface area (Å²) in [7, 11) is 0. The molecule has 0 radical (unpaired) electrons. The summed E-state index contributed by atoms with van der Waals surface area (Å²) in [4.78, 5) is 12.0. The fourth-order valence-electron chi connectivity index (χ4n) is 2.03. The van der Waals surface area contributed by atoms with Crippen molar-refractivity contribution in [3.8, 4) is 0 Å². The number of carbonyl (C=O) groups excluding carboxylic acids is 1. The van der Waals surface area contributed by atoms with Crippen LogP contribution in [0.2, 0.25) is 0 Å². The SMILES string of the molecule is Cc1c(Br)cccc1NC(=O)[C@@H]1CC[C@H](CN)O1. The van der Waals surface area contributed by atoms with Crippen LogP contribution in [0.3, 0.4) is 0 Å². The number of halogens is 1. The highest BCUT2D eigenvalue weighted by molar-refractivity contribution is 9.10. The standard InChI is InChI=1S/C13H17BrN2O2/c1-8-10(14)3-2-4-11(8)16-13(17)12-6-5-9(7-15)18-12/h2-4,9,12H,5-7,15H2,1H3,(H,16,17)/t9-,12+/m1/s1. The maximum absolute atomic E-state index is 12.0. The first kappa shape index (κ1) is 13.5. The minimum Gasteiger partial charge on any atom is -0.364 e. The van der Waals surface area contributed by atoms with Gasteiger partial charge in [0.2, 0.25) is 0 Å². The van der Waals surface area contributed by atoms with E-state index in [-0.39, 0.29) is 18.1 Å². The zero-order chi connectivity index (χ0) is 13.1. The molecule has 0 unspecified atom stereocenters. The van der Waals surface area contributed by atoms with Crippen molar-refractivity contribution in [2.24, 2.45) is 5.73 Å². The molecule has 0 aliphatic carbocycles. The van der Waals surface area contributed by atoms with Gasteiger partial charge >= 0.3 is 0 Å². The van der Waals surface area contributed by atoms with Gasteiger partial charge in [-0.1, -0.05) is 22.0 Å². The molecule has 5 heteroatoms. The average molecular weight is 313 g/mol. The Kier molecular flexibility index (Phi) is 4.37. The molecule has 98 valence electrons. The molecule has 4 nitrogen and oxygen atoms in total. The van der Waals surface area contributed by atoms with Crippen LogP contribution >= 0.6 is 15.9 Å². The zero-order valence-corrected chi connectivity index (χ0v) is 11.9. The predicted molar refractivity (Wildman–Crippen MR) is 74.5 cm³/mol. The fourth-order valence-corrected chi connectivity index (χ4v) is 2.39. The van der Waals surface area contributed by atoms with Gasteiger partial charge in [0, 0.05) is 16.7 Å². The lowest BCUT2D eigenvalue weighted by Gasteiger charge is -2.14. The number of benzene rings is 1. The first-order chi connectivity index (χ1) is 8.61. The molecule has 1 aromatic rings. The molecule has 1 aliphatic heterocycles. The predicted octanol–water partition coefficient (Wildman–Crippen LogP) is 2.20. The Morgan fingerprint density at radius 2 is 2.33 bits per heavy atom. The Morgan fingerprint density at radius 3 is 3.00 bits per heavy atom. The van der Waals surface area contributed by atoms with Crippen LogP contribution in [0.15, 0.2) is 22.7 Å². The second kappa shape index (κ2) is 5.82. The molecule has 18 heavy (non-hydrogen) atoms. The minimum absolute atomic E-state index is 0.0179. The molecule has 0 saturated carbocycles. The summed E-state index contributed by atoms with van der Waals surface area (Å²) in [6.07, 6.45) is 1.23. The fraction of sp³-hybridized carbons (Fsp3) is 0.462. The maximum Gasteiger partial charge on any atom is 0.253 e. The summed E-state index contributed by atoms with van der Waals surface area (Å²) < 4.78 is 6.55. The molecule has 0 bridgehead atoms. The summed E-state index contributed by atoms with van der Waals surface area (Å²) >= 11 is 3.44. The van der Waals surface area contributed by atoms with Crippen LogP contribution in [-0.2, 0) is 9.53 Å². The second-order valence-corrected chi connectivity index (χ2v) is 5.32. The topological polar surface area (TPSA) is 64.4 Å². The van der Waals surface area contributed by atoms with Gasteiger partial charge in [-0.15, -0.1) is 0 Å². The highest BCUT2D eigenvalue weighted by Crippen LogP contribution is 2.25. The molecule has 1 saturated heterocycles. The van der Waals surface area contributed by atoms with Gasteiger partial charge in [0.25, 0.3) is 5.91 Å². The van der Waals surface area contributed by atoms with Gasteiger partial charge < -0.3 is 15.8 Å². The van der Waals surface area contributed by atoms with E-state index in [0.717, 1.165) is 28.6 Å². The number of anilines is 1. The molecule has 1 heterocycles. The van der Waals surface area contributed by atoms with Crippen LogP contribution in [0.1, 0.15) is 18.4 Å². The molecule has 0 aromatic heterocycles. The largest absolute Gasteiger partial charge is 0.364 e. The van der Waals surface area contributed by atoms with E-state index in [1.807, 2.05) is 25.1 Å². The number of nitrogens with two attached hydrogens (primary N) is 1. The Hall–Kier alpha value is -0.910. The lowest BCUT2D eigenvalue weighted by molar-refractivity contribution is -0.126. The van der Waals surface area contributed by atoms with Gasteiger partial charge in [-0.25, -0.2) is 0 Å². The molecule has 1 amide bonds. The lowest BCUT2D eigenvalue weighted by Crippen LogP contribution is -2.30. The van der Waals surface area contributed by atoms with Crippen LogP contribution in [0.5, 0.6) is 0 Å². The van der Waals surface area contributed by atoms with E-state index in [1.54, 1.807) is 0 Å². The van der Waals surface area contributed by atoms with Gasteiger partial charge in [0.1, 0.15) is 6.10 Å². The van der Waals surface area contributed by atoms with Crippen molar-refractivity contribution < 1.29 is 9.53 Å². The van der Waals surface area contributed by atoms with E-state index in [0.29, 0.717) is 6.54 Å². The van der Waals surface area contributed by atoms with E-state index in [4.69, 9.17) is 10.5 Å². The zero-order valence-electron chi connectivity index (χ0n) is 10.3. The molecule has 2 atom stereocenters. The van der Waals surface area contributed by atoms with E-state index in [1.165, 1.54) is 0 Å². The summed E-state index contributed by atoms with van der Waals surface area (Å²) in [5, 5.41) is 2.90. The second-order valence-electron chi connectivity index (χ2n) is 4.46. The smallest absolute Gasteiger partial charge is 0.253 e. The molecule has 1 aromatic carbocycles. The summed E-state index contributed by atoms with van der Waals surface area (Å²) in [6, 6.07) is 5.72. The number of rotatable bonds is 3. The van der Waals surface area contributed by atoms with Crippen LogP contribution in [0, 0.1) is 6.92 Å². The summed E-state index contributed by atoms with van der Waals surface area (Å²) in [6.45, 7) is 2.43. The molecule has 1 fully saturated rings. The molecular weight excluding hydrogens is 296 g/mol. The van der Waals surface area contributed by atoms with Crippen molar-refractivity contribution in [1.82, 2.24) is 0 Å². The first-order valence-electron chi connectivity index (χ1n) is 6.03. The Bertz CT molecular complexity index is 451. The van der Waals surface area contributed by atoms with E-state index >= 15 is 0 Å². The third-order valence-electron chi connectivity index (χ3n) is 3.19. The number of hydrogen-bond donors (Lipinski definition) is 2. The maximum atomic E-state index is 12.0. The van der Waals surface area contributed by atoms with Crippen molar-refractivity contribution in [2.75, 3.05) is 11.9 Å². The quantitative estimate of drug-likeness (QED) is 0.899. The number of carbonyl (C=O) groups is 1. The Labute approximate surface area is 115 Å². The number of amides is 1. The monoisotopic (exact) mass is 312 g/mol. The Balaban J connectivity index is 2.01. The van der Waals surface area contributed by atoms with Crippen LogP contribution < -0.4 is 11.1 Å².